The van der Waals surface area contributed by atoms with Crippen molar-refractivity contribution in [2.24, 2.45) is 0 Å². The second kappa shape index (κ2) is 6.52. The second-order valence-corrected chi connectivity index (χ2v) is 5.25. The van der Waals surface area contributed by atoms with Crippen LogP contribution in [0.3, 0.4) is 0 Å². The fraction of sp³-hybridized carbons (Fsp3) is 0.0667. The van der Waals surface area contributed by atoms with Crippen molar-refractivity contribution in [1.82, 2.24) is 15.1 Å². The Hall–Kier alpha value is -2.94. The molecule has 25 heavy (non-hydrogen) atoms. The summed E-state index contributed by atoms with van der Waals surface area (Å²) >= 11 is 5.71. The first-order valence-corrected chi connectivity index (χ1v) is 7.15. The van der Waals surface area contributed by atoms with Crippen molar-refractivity contribution in [3.05, 3.63) is 59.1 Å². The van der Waals surface area contributed by atoms with Gasteiger partial charge >= 0.3 is 12.1 Å². The summed E-state index contributed by atoms with van der Waals surface area (Å²) in [5.41, 5.74) is 0.556. The molecule has 0 saturated carbocycles. The van der Waals surface area contributed by atoms with Crippen LogP contribution in [0, 0.1) is 0 Å². The van der Waals surface area contributed by atoms with Crippen LogP contribution in [-0.2, 0) is 6.18 Å². The van der Waals surface area contributed by atoms with Gasteiger partial charge in [-0.2, -0.15) is 18.2 Å². The van der Waals surface area contributed by atoms with E-state index in [2.05, 4.69) is 25.0 Å². The van der Waals surface area contributed by atoms with E-state index < -0.39 is 18.0 Å². The summed E-state index contributed by atoms with van der Waals surface area (Å²) in [7, 11) is 0. The van der Waals surface area contributed by atoms with Gasteiger partial charge in [-0.15, -0.1) is 0 Å². The van der Waals surface area contributed by atoms with Crippen molar-refractivity contribution >= 4 is 23.3 Å². The van der Waals surface area contributed by atoms with Gasteiger partial charge in [0.25, 0.3) is 5.91 Å². The van der Waals surface area contributed by atoms with E-state index in [0.29, 0.717) is 10.8 Å². The monoisotopic (exact) mass is 368 g/mol. The molecule has 0 unspecified atom stereocenters. The minimum absolute atomic E-state index is 0.223. The predicted octanol–water partition coefficient (Wildman–Crippen LogP) is 4.06. The number of benzene rings is 1. The first-order chi connectivity index (χ1) is 11.8. The Kier molecular flexibility index (Phi) is 4.41. The summed E-state index contributed by atoms with van der Waals surface area (Å²) in [5, 5.41) is 6.27. The number of aromatic nitrogens is 3. The molecular formula is C15H8ClF3N4O2. The average Bonchev–Trinajstić information content (AvgIpc) is 3.07. The molecule has 0 radical (unpaired) electrons. The number of nitrogens with one attached hydrogen (secondary N) is 1. The second-order valence-electron chi connectivity index (χ2n) is 4.81. The molecule has 3 aromatic rings. The summed E-state index contributed by atoms with van der Waals surface area (Å²) in [6.45, 7) is 0. The van der Waals surface area contributed by atoms with Crippen molar-refractivity contribution in [1.29, 1.82) is 0 Å². The van der Waals surface area contributed by atoms with Gasteiger partial charge in [-0.05, 0) is 24.3 Å². The van der Waals surface area contributed by atoms with Crippen LogP contribution >= 0.6 is 11.6 Å². The van der Waals surface area contributed by atoms with E-state index in [9.17, 15) is 18.0 Å². The van der Waals surface area contributed by atoms with Gasteiger partial charge in [-0.3, -0.25) is 4.79 Å². The summed E-state index contributed by atoms with van der Waals surface area (Å²) in [4.78, 5) is 19.3. The molecule has 6 nitrogen and oxygen atoms in total. The molecule has 0 aliphatic rings. The highest BCUT2D eigenvalue weighted by Crippen LogP contribution is 2.29. The molecule has 0 saturated heterocycles. The third-order valence-corrected chi connectivity index (χ3v) is 3.27. The zero-order chi connectivity index (χ0) is 18.0. The van der Waals surface area contributed by atoms with Crippen LogP contribution in [0.2, 0.25) is 5.02 Å². The molecule has 3 rings (SSSR count). The summed E-state index contributed by atoms with van der Waals surface area (Å²) in [6, 6.07) is 8.77. The molecule has 0 aliphatic heterocycles. The van der Waals surface area contributed by atoms with Crippen molar-refractivity contribution in [3.8, 4) is 11.4 Å². The van der Waals surface area contributed by atoms with E-state index in [0.717, 1.165) is 0 Å². The van der Waals surface area contributed by atoms with Gasteiger partial charge in [0, 0.05) is 17.3 Å². The van der Waals surface area contributed by atoms with Crippen LogP contribution in [-0.4, -0.2) is 21.0 Å². The largest absolute Gasteiger partial charge is 0.471 e. The third-order valence-electron chi connectivity index (χ3n) is 3.04. The van der Waals surface area contributed by atoms with Crippen molar-refractivity contribution in [3.63, 3.8) is 0 Å². The maximum Gasteiger partial charge on any atom is 0.471 e. The Morgan fingerprint density at radius 3 is 2.40 bits per heavy atom. The Balaban J connectivity index is 1.74. The van der Waals surface area contributed by atoms with Gasteiger partial charge in [0.05, 0.1) is 5.02 Å². The fourth-order valence-corrected chi connectivity index (χ4v) is 1.98. The quantitative estimate of drug-likeness (QED) is 0.754. The normalized spacial score (nSPS) is 11.4. The first kappa shape index (κ1) is 16.9. The third kappa shape index (κ3) is 3.94. The smallest absolute Gasteiger partial charge is 0.329 e. The lowest BCUT2D eigenvalue weighted by Crippen LogP contribution is -2.12. The highest BCUT2D eigenvalue weighted by Gasteiger charge is 2.38. The van der Waals surface area contributed by atoms with Gasteiger partial charge < -0.3 is 9.84 Å². The maximum atomic E-state index is 12.5. The number of anilines is 1. The van der Waals surface area contributed by atoms with Crippen molar-refractivity contribution in [2.75, 3.05) is 5.32 Å². The zero-order valence-electron chi connectivity index (χ0n) is 12.2. The van der Waals surface area contributed by atoms with Gasteiger partial charge in [0.1, 0.15) is 5.82 Å². The average molecular weight is 369 g/mol. The van der Waals surface area contributed by atoms with Crippen LogP contribution in [0.5, 0.6) is 0 Å². The van der Waals surface area contributed by atoms with Gasteiger partial charge in [-0.25, -0.2) is 4.98 Å². The predicted molar refractivity (Wildman–Crippen MR) is 81.9 cm³/mol. The molecule has 128 valence electrons. The zero-order valence-corrected chi connectivity index (χ0v) is 13.0. The number of alkyl halides is 3. The number of rotatable bonds is 3. The van der Waals surface area contributed by atoms with Crippen LogP contribution in [0.15, 0.2) is 47.1 Å². The lowest BCUT2D eigenvalue weighted by atomic mass is 10.1. The molecule has 1 N–H and O–H groups in total. The molecule has 0 atom stereocenters. The van der Waals surface area contributed by atoms with Crippen LogP contribution in [0.4, 0.5) is 19.0 Å². The SMILES string of the molecule is O=C(Nc1ccc(Cl)cn1)c1ccc(-c2noc(C(F)(F)F)n2)cc1. The fourth-order valence-electron chi connectivity index (χ4n) is 1.86. The minimum Gasteiger partial charge on any atom is -0.329 e. The molecule has 0 fully saturated rings. The number of nitrogens with zero attached hydrogens (tertiary/aromatic N) is 3. The molecule has 2 aromatic heterocycles. The molecule has 1 aromatic carbocycles. The lowest BCUT2D eigenvalue weighted by Gasteiger charge is -2.04. The summed E-state index contributed by atoms with van der Waals surface area (Å²) < 4.78 is 41.5. The molecule has 0 bridgehead atoms. The number of amides is 1. The lowest BCUT2D eigenvalue weighted by molar-refractivity contribution is -0.159. The van der Waals surface area contributed by atoms with Crippen LogP contribution < -0.4 is 5.32 Å². The standard InChI is InChI=1S/C15H8ClF3N4O2/c16-10-5-6-11(20-7-10)21-13(24)9-3-1-8(2-4-9)12-22-14(25-23-12)15(17,18)19/h1-7H,(H,20,21,24). The van der Waals surface area contributed by atoms with Crippen LogP contribution in [0.25, 0.3) is 11.4 Å². The maximum absolute atomic E-state index is 12.5. The van der Waals surface area contributed by atoms with E-state index in [4.69, 9.17) is 11.6 Å². The van der Waals surface area contributed by atoms with Crippen molar-refractivity contribution in [2.45, 2.75) is 6.18 Å². The summed E-state index contributed by atoms with van der Waals surface area (Å²) in [5.74, 6) is -1.78. The Bertz CT molecular complexity index is 892. The highest BCUT2D eigenvalue weighted by atomic mass is 35.5. The Labute approximate surface area is 143 Å². The Morgan fingerprint density at radius 1 is 1.12 bits per heavy atom. The molecular weight excluding hydrogens is 361 g/mol. The van der Waals surface area contributed by atoms with E-state index in [1.165, 1.54) is 36.5 Å². The number of halogens is 4. The number of hydrogen-bond donors (Lipinski definition) is 1. The van der Waals surface area contributed by atoms with Crippen molar-refractivity contribution < 1.29 is 22.5 Å². The number of hydrogen-bond acceptors (Lipinski definition) is 5. The van der Waals surface area contributed by atoms with E-state index in [-0.39, 0.29) is 17.0 Å². The molecule has 10 heteroatoms. The van der Waals surface area contributed by atoms with E-state index in [1.54, 1.807) is 6.07 Å². The van der Waals surface area contributed by atoms with Gasteiger partial charge in [0.2, 0.25) is 5.82 Å². The molecule has 0 spiro atoms. The van der Waals surface area contributed by atoms with Gasteiger partial charge in [0.15, 0.2) is 0 Å². The first-order valence-electron chi connectivity index (χ1n) is 6.77. The Morgan fingerprint density at radius 2 is 1.84 bits per heavy atom. The van der Waals surface area contributed by atoms with E-state index in [1.807, 2.05) is 0 Å². The number of pyridine rings is 1. The summed E-state index contributed by atoms with van der Waals surface area (Å²) in [6.07, 6.45) is -3.33. The van der Waals surface area contributed by atoms with Gasteiger partial charge in [-0.1, -0.05) is 28.9 Å². The highest BCUT2D eigenvalue weighted by molar-refractivity contribution is 6.30. The van der Waals surface area contributed by atoms with E-state index >= 15 is 0 Å². The molecule has 0 aliphatic carbocycles. The molecule has 1 amide bonds. The minimum atomic E-state index is -4.71. The topological polar surface area (TPSA) is 80.9 Å². The molecule has 2 heterocycles. The van der Waals surface area contributed by atoms with Crippen LogP contribution in [0.1, 0.15) is 16.2 Å². The number of carbonyl (C=O) groups is 1. The number of carbonyl (C=O) groups excluding carboxylic acids is 1.